The van der Waals surface area contributed by atoms with E-state index in [-0.39, 0.29) is 10.6 Å². The number of likely N-dealkylation sites (N-methyl/N-ethyl adjacent to an activating group) is 1. The Morgan fingerprint density at radius 2 is 1.84 bits per heavy atom. The summed E-state index contributed by atoms with van der Waals surface area (Å²) in [4.78, 5) is 11.0. The molecular formula is C25H26N4O2. The molecule has 0 saturated carbocycles. The summed E-state index contributed by atoms with van der Waals surface area (Å²) in [6.45, 7) is 4.65. The van der Waals surface area contributed by atoms with Crippen molar-refractivity contribution in [3.8, 4) is 0 Å². The third-order valence-electron chi connectivity index (χ3n) is 5.42. The number of rotatable bonds is 8. The van der Waals surface area contributed by atoms with Gasteiger partial charge < -0.3 is 16.0 Å². The molecule has 0 unspecified atom stereocenters. The predicted molar refractivity (Wildman–Crippen MR) is 127 cm³/mol. The lowest BCUT2D eigenvalue weighted by molar-refractivity contribution is -0.384. The standard InChI is InChI=1S/C25H26N4O2/c1-2-26-15-14-18-8-10-20(11-9-18)28-25(19-6-4-3-5-7-19)23-17-27-24-13-12-21(29(30)31)16-22(23)24/h3-13,16,26-28H,2,14-15,17H2,1H3/b25-23+. The summed E-state index contributed by atoms with van der Waals surface area (Å²) < 4.78 is 0. The topological polar surface area (TPSA) is 79.2 Å². The van der Waals surface area contributed by atoms with Gasteiger partial charge in [-0.2, -0.15) is 0 Å². The van der Waals surface area contributed by atoms with Gasteiger partial charge in [-0.05, 0) is 48.8 Å². The second-order valence-corrected chi connectivity index (χ2v) is 7.49. The van der Waals surface area contributed by atoms with E-state index in [1.54, 1.807) is 12.1 Å². The van der Waals surface area contributed by atoms with E-state index in [1.165, 1.54) is 11.6 Å². The van der Waals surface area contributed by atoms with Gasteiger partial charge in [0.15, 0.2) is 0 Å². The average Bonchev–Trinajstić information content (AvgIpc) is 3.22. The summed E-state index contributed by atoms with van der Waals surface area (Å²) in [7, 11) is 0. The van der Waals surface area contributed by atoms with Crippen LogP contribution < -0.4 is 16.0 Å². The zero-order valence-electron chi connectivity index (χ0n) is 17.5. The molecule has 1 aliphatic heterocycles. The zero-order valence-corrected chi connectivity index (χ0v) is 17.5. The molecule has 1 aliphatic rings. The van der Waals surface area contributed by atoms with Crippen molar-refractivity contribution < 1.29 is 4.92 Å². The van der Waals surface area contributed by atoms with Gasteiger partial charge >= 0.3 is 0 Å². The maximum Gasteiger partial charge on any atom is 0.270 e. The molecule has 0 amide bonds. The van der Waals surface area contributed by atoms with Gasteiger partial charge in [0.25, 0.3) is 5.69 Å². The molecule has 0 radical (unpaired) electrons. The molecule has 6 heteroatoms. The van der Waals surface area contributed by atoms with Crippen LogP contribution in [0.15, 0.2) is 72.8 Å². The molecule has 0 bridgehead atoms. The Labute approximate surface area is 182 Å². The minimum Gasteiger partial charge on any atom is -0.380 e. The fourth-order valence-electron chi connectivity index (χ4n) is 3.79. The van der Waals surface area contributed by atoms with Crippen molar-refractivity contribution in [2.24, 2.45) is 0 Å². The van der Waals surface area contributed by atoms with E-state index in [1.807, 2.05) is 18.2 Å². The quantitative estimate of drug-likeness (QED) is 0.270. The molecule has 3 aromatic rings. The number of nitrogens with one attached hydrogen (secondary N) is 3. The fourth-order valence-corrected chi connectivity index (χ4v) is 3.79. The van der Waals surface area contributed by atoms with Crippen molar-refractivity contribution in [1.82, 2.24) is 5.32 Å². The molecule has 0 spiro atoms. The first-order chi connectivity index (χ1) is 15.2. The number of anilines is 2. The highest BCUT2D eigenvalue weighted by molar-refractivity contribution is 6.02. The minimum atomic E-state index is -0.349. The van der Waals surface area contributed by atoms with Gasteiger partial charge in [-0.25, -0.2) is 0 Å². The molecule has 3 aromatic carbocycles. The van der Waals surface area contributed by atoms with Crippen LogP contribution in [0.1, 0.15) is 23.6 Å². The van der Waals surface area contributed by atoms with E-state index in [4.69, 9.17) is 0 Å². The molecule has 4 rings (SSSR count). The summed E-state index contributed by atoms with van der Waals surface area (Å²) in [5.74, 6) is 0. The lowest BCUT2D eigenvalue weighted by Crippen LogP contribution is -2.15. The number of nitro benzene ring substituents is 1. The normalized spacial score (nSPS) is 14.0. The second-order valence-electron chi connectivity index (χ2n) is 7.49. The summed E-state index contributed by atoms with van der Waals surface area (Å²) in [6, 6.07) is 23.5. The maximum absolute atomic E-state index is 11.3. The number of non-ortho nitro benzene ring substituents is 1. The van der Waals surface area contributed by atoms with E-state index >= 15 is 0 Å². The number of hydrogen-bond donors (Lipinski definition) is 3. The molecule has 0 aliphatic carbocycles. The fraction of sp³-hybridized carbons (Fsp3) is 0.200. The van der Waals surface area contributed by atoms with E-state index in [0.29, 0.717) is 6.54 Å². The lowest BCUT2D eigenvalue weighted by Gasteiger charge is -2.16. The first-order valence-electron chi connectivity index (χ1n) is 10.5. The van der Waals surface area contributed by atoms with Gasteiger partial charge in [0.05, 0.1) is 10.6 Å². The summed E-state index contributed by atoms with van der Waals surface area (Å²) >= 11 is 0. The monoisotopic (exact) mass is 414 g/mol. The van der Waals surface area contributed by atoms with E-state index in [2.05, 4.69) is 59.3 Å². The van der Waals surface area contributed by atoms with Gasteiger partial charge in [-0.15, -0.1) is 0 Å². The number of nitro groups is 1. The molecule has 0 saturated heterocycles. The zero-order chi connectivity index (χ0) is 21.6. The van der Waals surface area contributed by atoms with Gasteiger partial charge in [0.1, 0.15) is 0 Å². The number of benzene rings is 3. The van der Waals surface area contributed by atoms with Gasteiger partial charge in [-0.1, -0.05) is 49.4 Å². The van der Waals surface area contributed by atoms with Gasteiger partial charge in [-0.3, -0.25) is 10.1 Å². The number of hydrogen-bond acceptors (Lipinski definition) is 5. The van der Waals surface area contributed by atoms with Crippen LogP contribution in [0.3, 0.4) is 0 Å². The molecule has 6 nitrogen and oxygen atoms in total. The number of nitrogens with zero attached hydrogens (tertiary/aromatic N) is 1. The number of fused-ring (bicyclic) bond motifs is 1. The molecule has 0 fully saturated rings. The molecular weight excluding hydrogens is 388 g/mol. The van der Waals surface area contributed by atoms with Crippen molar-refractivity contribution in [3.05, 3.63) is 99.6 Å². The largest absolute Gasteiger partial charge is 0.380 e. The summed E-state index contributed by atoms with van der Waals surface area (Å²) in [6.07, 6.45) is 0.988. The Morgan fingerprint density at radius 1 is 1.06 bits per heavy atom. The van der Waals surface area contributed by atoms with Gasteiger partial charge in [0.2, 0.25) is 0 Å². The van der Waals surface area contributed by atoms with Crippen molar-refractivity contribution in [2.45, 2.75) is 13.3 Å². The lowest BCUT2D eigenvalue weighted by atomic mass is 10.00. The second kappa shape index (κ2) is 9.45. The first kappa shape index (κ1) is 20.6. The first-order valence-corrected chi connectivity index (χ1v) is 10.5. The maximum atomic E-state index is 11.3. The minimum absolute atomic E-state index is 0.0948. The Balaban J connectivity index is 1.69. The van der Waals surface area contributed by atoms with Crippen LogP contribution in [0, 0.1) is 10.1 Å². The van der Waals surface area contributed by atoms with Crippen molar-refractivity contribution in [2.75, 3.05) is 30.3 Å². The van der Waals surface area contributed by atoms with Crippen LogP contribution in [-0.2, 0) is 6.42 Å². The van der Waals surface area contributed by atoms with E-state index in [9.17, 15) is 10.1 Å². The Kier molecular flexibility index (Phi) is 6.29. The molecule has 0 atom stereocenters. The average molecular weight is 415 g/mol. The molecule has 31 heavy (non-hydrogen) atoms. The summed E-state index contributed by atoms with van der Waals surface area (Å²) in [5.41, 5.74) is 7.14. The van der Waals surface area contributed by atoms with E-state index < -0.39 is 0 Å². The summed E-state index contributed by atoms with van der Waals surface area (Å²) in [5, 5.41) is 21.6. The highest BCUT2D eigenvalue weighted by Crippen LogP contribution is 2.38. The van der Waals surface area contributed by atoms with Crippen molar-refractivity contribution >= 4 is 28.3 Å². The van der Waals surface area contributed by atoms with Crippen molar-refractivity contribution in [3.63, 3.8) is 0 Å². The molecule has 3 N–H and O–H groups in total. The predicted octanol–water partition coefficient (Wildman–Crippen LogP) is 5.15. The Bertz CT molecular complexity index is 1090. The SMILES string of the molecule is CCNCCc1ccc(N/C(=C2\CNc3ccc([N+](=O)[O-])cc32)c2ccccc2)cc1. The third-order valence-corrected chi connectivity index (χ3v) is 5.42. The Morgan fingerprint density at radius 3 is 2.55 bits per heavy atom. The Hall–Kier alpha value is -3.64. The van der Waals surface area contributed by atoms with Crippen molar-refractivity contribution in [1.29, 1.82) is 0 Å². The molecule has 158 valence electrons. The van der Waals surface area contributed by atoms with Crippen LogP contribution in [0.25, 0.3) is 11.3 Å². The van der Waals surface area contributed by atoms with Crippen LogP contribution in [-0.4, -0.2) is 24.6 Å². The van der Waals surface area contributed by atoms with E-state index in [0.717, 1.165) is 53.3 Å². The highest BCUT2D eigenvalue weighted by Gasteiger charge is 2.23. The third kappa shape index (κ3) is 4.75. The van der Waals surface area contributed by atoms with Gasteiger partial charge in [0, 0.05) is 41.2 Å². The highest BCUT2D eigenvalue weighted by atomic mass is 16.6. The van der Waals surface area contributed by atoms with Crippen LogP contribution in [0.2, 0.25) is 0 Å². The van der Waals surface area contributed by atoms with Crippen LogP contribution in [0.5, 0.6) is 0 Å². The smallest absolute Gasteiger partial charge is 0.270 e. The molecule has 1 heterocycles. The van der Waals surface area contributed by atoms with Crippen LogP contribution >= 0.6 is 0 Å². The molecule has 0 aromatic heterocycles. The van der Waals surface area contributed by atoms with Crippen LogP contribution in [0.4, 0.5) is 17.1 Å².